The van der Waals surface area contributed by atoms with E-state index >= 15 is 0 Å². The predicted octanol–water partition coefficient (Wildman–Crippen LogP) is 2.53. The van der Waals surface area contributed by atoms with E-state index in [0.29, 0.717) is 17.0 Å². The van der Waals surface area contributed by atoms with E-state index < -0.39 is 0 Å². The van der Waals surface area contributed by atoms with Gasteiger partial charge in [0.25, 0.3) is 0 Å². The number of ether oxygens (including phenoxy) is 1. The highest BCUT2D eigenvalue weighted by Crippen LogP contribution is 2.24. The maximum atomic E-state index is 11.1. The van der Waals surface area contributed by atoms with Gasteiger partial charge in [-0.15, -0.1) is 10.2 Å². The molecule has 0 aliphatic rings. The van der Waals surface area contributed by atoms with Gasteiger partial charge in [0.05, 0.1) is 12.7 Å². The Kier molecular flexibility index (Phi) is 2.95. The van der Waals surface area contributed by atoms with E-state index in [1.165, 1.54) is 0 Å². The summed E-state index contributed by atoms with van der Waals surface area (Å²) in [5.74, 6) is 1.44. The maximum Gasteiger partial charge on any atom is 0.171 e. The summed E-state index contributed by atoms with van der Waals surface area (Å²) < 4.78 is 7.05. The van der Waals surface area contributed by atoms with Crippen LogP contribution < -0.4 is 4.74 Å². The van der Waals surface area contributed by atoms with E-state index in [9.17, 15) is 4.79 Å². The van der Waals surface area contributed by atoms with Crippen LogP contribution in [0.4, 0.5) is 0 Å². The number of nitrogens with zero attached hydrogens (tertiary/aromatic N) is 3. The predicted molar refractivity (Wildman–Crippen MR) is 75.1 cm³/mol. The van der Waals surface area contributed by atoms with Gasteiger partial charge in [-0.2, -0.15) is 0 Å². The molecule has 5 nitrogen and oxygen atoms in total. The summed E-state index contributed by atoms with van der Waals surface area (Å²) >= 11 is 0. The molecular formula is C15H13N3O2. The fourth-order valence-electron chi connectivity index (χ4n) is 2.21. The Hall–Kier alpha value is -2.69. The van der Waals surface area contributed by atoms with Gasteiger partial charge in [-0.1, -0.05) is 12.1 Å². The lowest BCUT2D eigenvalue weighted by Crippen LogP contribution is -1.95. The monoisotopic (exact) mass is 267 g/mol. The van der Waals surface area contributed by atoms with Gasteiger partial charge < -0.3 is 4.74 Å². The molecule has 3 rings (SSSR count). The third-order valence-electron chi connectivity index (χ3n) is 3.12. The van der Waals surface area contributed by atoms with Crippen molar-refractivity contribution >= 4 is 11.9 Å². The second-order valence-corrected chi connectivity index (χ2v) is 4.54. The number of pyridine rings is 1. The van der Waals surface area contributed by atoms with Gasteiger partial charge >= 0.3 is 0 Å². The number of aldehydes is 1. The summed E-state index contributed by atoms with van der Waals surface area (Å²) in [6.45, 7) is 1.93. The minimum Gasteiger partial charge on any atom is -0.497 e. The summed E-state index contributed by atoms with van der Waals surface area (Å²) in [5.41, 5.74) is 2.96. The van der Waals surface area contributed by atoms with Gasteiger partial charge in [-0.3, -0.25) is 9.20 Å². The zero-order chi connectivity index (χ0) is 14.1. The van der Waals surface area contributed by atoms with Crippen molar-refractivity contribution in [2.75, 3.05) is 7.11 Å². The Morgan fingerprint density at radius 2 is 2.10 bits per heavy atom. The van der Waals surface area contributed by atoms with Crippen LogP contribution >= 0.6 is 0 Å². The molecule has 0 bridgehead atoms. The molecule has 100 valence electrons. The number of carbonyl (C=O) groups excluding carboxylic acids is 1. The Labute approximate surface area is 115 Å². The van der Waals surface area contributed by atoms with E-state index in [1.807, 2.05) is 41.8 Å². The molecule has 0 amide bonds. The first kappa shape index (κ1) is 12.3. The zero-order valence-electron chi connectivity index (χ0n) is 11.2. The SMILES string of the molecule is COc1cccc(-c2nnc3c(C=O)cc(C)cn23)c1. The molecule has 2 aromatic heterocycles. The summed E-state index contributed by atoms with van der Waals surface area (Å²) in [7, 11) is 1.62. The molecule has 5 heteroatoms. The number of hydrogen-bond acceptors (Lipinski definition) is 4. The van der Waals surface area contributed by atoms with Gasteiger partial charge in [-0.05, 0) is 30.7 Å². The quantitative estimate of drug-likeness (QED) is 0.684. The largest absolute Gasteiger partial charge is 0.497 e. The van der Waals surface area contributed by atoms with Crippen LogP contribution in [0.5, 0.6) is 5.75 Å². The van der Waals surface area contributed by atoms with Crippen LogP contribution in [-0.4, -0.2) is 28.0 Å². The lowest BCUT2D eigenvalue weighted by molar-refractivity contribution is 0.112. The summed E-state index contributed by atoms with van der Waals surface area (Å²) in [6, 6.07) is 9.38. The molecule has 0 unspecified atom stereocenters. The Balaban J connectivity index is 2.26. The molecular weight excluding hydrogens is 254 g/mol. The number of aryl methyl sites for hydroxylation is 1. The van der Waals surface area contributed by atoms with Gasteiger partial charge in [-0.25, -0.2) is 0 Å². The van der Waals surface area contributed by atoms with Gasteiger partial charge in [0.15, 0.2) is 17.8 Å². The van der Waals surface area contributed by atoms with Crippen molar-refractivity contribution in [3.8, 4) is 17.1 Å². The fraction of sp³-hybridized carbons (Fsp3) is 0.133. The number of carbonyl (C=O) groups is 1. The third-order valence-corrected chi connectivity index (χ3v) is 3.12. The summed E-state index contributed by atoms with van der Waals surface area (Å²) in [5, 5.41) is 8.29. The topological polar surface area (TPSA) is 56.5 Å². The standard InChI is InChI=1S/C15H13N3O2/c1-10-6-12(9-19)15-17-16-14(18(15)8-10)11-4-3-5-13(7-11)20-2/h3-9H,1-2H3. The molecule has 3 aromatic rings. The van der Waals surface area contributed by atoms with E-state index in [0.717, 1.165) is 23.2 Å². The number of aromatic nitrogens is 3. The van der Waals surface area contributed by atoms with Gasteiger partial charge in [0.1, 0.15) is 5.75 Å². The second-order valence-electron chi connectivity index (χ2n) is 4.54. The molecule has 0 aliphatic carbocycles. The van der Waals surface area contributed by atoms with Crippen molar-refractivity contribution < 1.29 is 9.53 Å². The van der Waals surface area contributed by atoms with Crippen LogP contribution in [0, 0.1) is 6.92 Å². The highest BCUT2D eigenvalue weighted by Gasteiger charge is 2.12. The van der Waals surface area contributed by atoms with Crippen molar-refractivity contribution in [1.29, 1.82) is 0 Å². The Morgan fingerprint density at radius 1 is 1.25 bits per heavy atom. The number of methoxy groups -OCH3 is 1. The lowest BCUT2D eigenvalue weighted by Gasteiger charge is -2.04. The minimum atomic E-state index is 0.534. The first-order valence-electron chi connectivity index (χ1n) is 6.18. The lowest BCUT2D eigenvalue weighted by atomic mass is 10.2. The number of rotatable bonds is 3. The number of benzene rings is 1. The highest BCUT2D eigenvalue weighted by molar-refractivity contribution is 5.85. The zero-order valence-corrected chi connectivity index (χ0v) is 11.2. The van der Waals surface area contributed by atoms with Crippen LogP contribution in [0.3, 0.4) is 0 Å². The summed E-state index contributed by atoms with van der Waals surface area (Å²) in [6.07, 6.45) is 2.71. The molecule has 0 N–H and O–H groups in total. The van der Waals surface area contributed by atoms with Crippen LogP contribution in [0.15, 0.2) is 36.5 Å². The average Bonchev–Trinajstić information content (AvgIpc) is 2.90. The number of fused-ring (bicyclic) bond motifs is 1. The molecule has 0 radical (unpaired) electrons. The summed E-state index contributed by atoms with van der Waals surface area (Å²) in [4.78, 5) is 11.1. The second kappa shape index (κ2) is 4.77. The highest BCUT2D eigenvalue weighted by atomic mass is 16.5. The van der Waals surface area contributed by atoms with Crippen molar-refractivity contribution in [3.05, 3.63) is 47.7 Å². The van der Waals surface area contributed by atoms with Gasteiger partial charge in [0.2, 0.25) is 0 Å². The number of hydrogen-bond donors (Lipinski definition) is 0. The van der Waals surface area contributed by atoms with Crippen LogP contribution in [-0.2, 0) is 0 Å². The molecule has 2 heterocycles. The van der Waals surface area contributed by atoms with Crippen molar-refractivity contribution in [2.24, 2.45) is 0 Å². The first-order chi connectivity index (χ1) is 9.72. The smallest absolute Gasteiger partial charge is 0.171 e. The van der Waals surface area contributed by atoms with Crippen LogP contribution in [0.25, 0.3) is 17.0 Å². The van der Waals surface area contributed by atoms with E-state index in [-0.39, 0.29) is 0 Å². The molecule has 0 aliphatic heterocycles. The van der Waals surface area contributed by atoms with Crippen molar-refractivity contribution in [3.63, 3.8) is 0 Å². The normalized spacial score (nSPS) is 10.7. The molecule has 0 atom stereocenters. The molecule has 0 fully saturated rings. The molecule has 0 saturated carbocycles. The van der Waals surface area contributed by atoms with Crippen LogP contribution in [0.1, 0.15) is 15.9 Å². The fourth-order valence-corrected chi connectivity index (χ4v) is 2.21. The van der Waals surface area contributed by atoms with Crippen molar-refractivity contribution in [2.45, 2.75) is 6.92 Å². The van der Waals surface area contributed by atoms with E-state index in [2.05, 4.69) is 10.2 Å². The van der Waals surface area contributed by atoms with E-state index in [4.69, 9.17) is 4.74 Å². The van der Waals surface area contributed by atoms with Crippen molar-refractivity contribution in [1.82, 2.24) is 14.6 Å². The third kappa shape index (κ3) is 1.93. The van der Waals surface area contributed by atoms with Crippen LogP contribution in [0.2, 0.25) is 0 Å². The minimum absolute atomic E-state index is 0.534. The Bertz CT molecular complexity index is 793. The first-order valence-corrected chi connectivity index (χ1v) is 6.18. The van der Waals surface area contributed by atoms with E-state index in [1.54, 1.807) is 13.2 Å². The average molecular weight is 267 g/mol. The maximum absolute atomic E-state index is 11.1. The molecule has 20 heavy (non-hydrogen) atoms. The Morgan fingerprint density at radius 3 is 2.85 bits per heavy atom. The molecule has 1 aromatic carbocycles. The van der Waals surface area contributed by atoms with Gasteiger partial charge in [0, 0.05) is 11.8 Å². The molecule has 0 spiro atoms. The molecule has 0 saturated heterocycles.